The van der Waals surface area contributed by atoms with Gasteiger partial charge in [0.1, 0.15) is 0 Å². The molecule has 26 heavy (non-hydrogen) atoms. The minimum absolute atomic E-state index is 0.112. The predicted molar refractivity (Wildman–Crippen MR) is 108 cm³/mol. The van der Waals surface area contributed by atoms with Crippen molar-refractivity contribution in [2.75, 3.05) is 0 Å². The lowest BCUT2D eigenvalue weighted by atomic mass is 9.78. The molecule has 2 heteroatoms. The molecule has 140 valence electrons. The van der Waals surface area contributed by atoms with E-state index < -0.39 is 0 Å². The number of hydrogen-bond acceptors (Lipinski definition) is 2. The highest BCUT2D eigenvalue weighted by atomic mass is 16.7. The van der Waals surface area contributed by atoms with Crippen LogP contribution in [0.25, 0.3) is 0 Å². The van der Waals surface area contributed by atoms with Crippen LogP contribution in [0.15, 0.2) is 0 Å². The van der Waals surface area contributed by atoms with Crippen molar-refractivity contribution in [3.8, 4) is 47.4 Å². The minimum atomic E-state index is -0.112. The Kier molecular flexibility index (Phi) is 10.7. The van der Waals surface area contributed by atoms with Crippen molar-refractivity contribution in [2.24, 2.45) is 17.8 Å². The van der Waals surface area contributed by atoms with Gasteiger partial charge in [-0.15, -0.1) is 0 Å². The Bertz CT molecular complexity index is 660. The summed E-state index contributed by atoms with van der Waals surface area (Å²) >= 11 is 0. The fourth-order valence-corrected chi connectivity index (χ4v) is 3.19. The van der Waals surface area contributed by atoms with Crippen LogP contribution in [-0.2, 0) is 9.47 Å². The van der Waals surface area contributed by atoms with Crippen molar-refractivity contribution in [2.45, 2.75) is 85.7 Å². The first-order valence-corrected chi connectivity index (χ1v) is 9.75. The zero-order valence-electron chi connectivity index (χ0n) is 17.1. The van der Waals surface area contributed by atoms with Crippen LogP contribution in [0.3, 0.4) is 0 Å². The molecule has 1 rings (SSSR count). The van der Waals surface area contributed by atoms with Gasteiger partial charge in [-0.05, 0) is 73.5 Å². The van der Waals surface area contributed by atoms with Gasteiger partial charge in [-0.1, -0.05) is 46.5 Å². The van der Waals surface area contributed by atoms with Gasteiger partial charge in [0, 0.05) is 12.3 Å². The second-order valence-electron chi connectivity index (χ2n) is 6.91. The van der Waals surface area contributed by atoms with Gasteiger partial charge in [-0.25, -0.2) is 0 Å². The van der Waals surface area contributed by atoms with E-state index in [4.69, 9.17) is 9.47 Å². The molecule has 0 radical (unpaired) electrons. The first-order chi connectivity index (χ1) is 12.5. The summed E-state index contributed by atoms with van der Waals surface area (Å²) in [5.74, 6) is 23.5. The standard InChI is InChI=1S/C24H32O2/c1-7-10-11-12-13-14-15-16-17-18-22(8-2)25-24-21(6)19(4)20(5)23(9-3)26-24/h19-24H,8-9,17-18H2,1-6H3/t19-,20-,21?,22?,23?,24+/m0/s1. The second kappa shape index (κ2) is 12.5. The molecule has 0 amide bonds. The highest BCUT2D eigenvalue weighted by molar-refractivity contribution is 5.39. The average Bonchev–Trinajstić information content (AvgIpc) is 2.65. The summed E-state index contributed by atoms with van der Waals surface area (Å²) < 4.78 is 12.6. The fourth-order valence-electron chi connectivity index (χ4n) is 3.19. The van der Waals surface area contributed by atoms with Crippen LogP contribution in [0.2, 0.25) is 0 Å². The summed E-state index contributed by atoms with van der Waals surface area (Å²) in [6.07, 6.45) is 4.00. The van der Waals surface area contributed by atoms with E-state index in [9.17, 15) is 0 Å². The van der Waals surface area contributed by atoms with E-state index >= 15 is 0 Å². The van der Waals surface area contributed by atoms with Crippen LogP contribution in [0, 0.1) is 65.1 Å². The molecule has 1 saturated heterocycles. The largest absolute Gasteiger partial charge is 0.349 e. The Balaban J connectivity index is 2.52. The van der Waals surface area contributed by atoms with Gasteiger partial charge in [-0.2, -0.15) is 0 Å². The lowest BCUT2D eigenvalue weighted by Crippen LogP contribution is -2.46. The second-order valence-corrected chi connectivity index (χ2v) is 6.91. The molecule has 1 aliphatic rings. The van der Waals surface area contributed by atoms with Crippen LogP contribution >= 0.6 is 0 Å². The Labute approximate surface area is 160 Å². The van der Waals surface area contributed by atoms with E-state index in [2.05, 4.69) is 82.0 Å². The van der Waals surface area contributed by atoms with Gasteiger partial charge in [0.25, 0.3) is 0 Å². The molecule has 0 aromatic carbocycles. The topological polar surface area (TPSA) is 18.5 Å². The van der Waals surface area contributed by atoms with E-state index in [0.29, 0.717) is 17.8 Å². The van der Waals surface area contributed by atoms with E-state index in [1.165, 1.54) is 0 Å². The minimum Gasteiger partial charge on any atom is -0.349 e. The average molecular weight is 353 g/mol. The molecule has 1 heterocycles. The number of ether oxygens (including phenoxy) is 2. The molecule has 0 spiro atoms. The molecule has 0 aromatic rings. The molecule has 2 nitrogen and oxygen atoms in total. The molecule has 1 fully saturated rings. The molecular formula is C24H32O2. The van der Waals surface area contributed by atoms with Gasteiger partial charge in [-0.3, -0.25) is 0 Å². The highest BCUT2D eigenvalue weighted by Crippen LogP contribution is 2.37. The van der Waals surface area contributed by atoms with Crippen molar-refractivity contribution in [3.05, 3.63) is 0 Å². The lowest BCUT2D eigenvalue weighted by molar-refractivity contribution is -0.264. The summed E-state index contributed by atoms with van der Waals surface area (Å²) in [5, 5.41) is 0. The van der Waals surface area contributed by atoms with Crippen LogP contribution in [0.5, 0.6) is 0 Å². The third kappa shape index (κ3) is 7.19. The maximum absolute atomic E-state index is 6.31. The Morgan fingerprint density at radius 1 is 0.885 bits per heavy atom. The third-order valence-corrected chi connectivity index (χ3v) is 5.28. The van der Waals surface area contributed by atoms with E-state index in [1.54, 1.807) is 6.92 Å². The summed E-state index contributed by atoms with van der Waals surface area (Å²) in [6, 6.07) is 0. The van der Waals surface area contributed by atoms with Gasteiger partial charge in [0.2, 0.25) is 0 Å². The molecule has 0 aromatic heterocycles. The molecule has 0 saturated carbocycles. The summed E-state index contributed by atoms with van der Waals surface area (Å²) in [4.78, 5) is 0. The van der Waals surface area contributed by atoms with Gasteiger partial charge < -0.3 is 9.47 Å². The van der Waals surface area contributed by atoms with E-state index in [1.807, 2.05) is 0 Å². The van der Waals surface area contributed by atoms with Crippen molar-refractivity contribution in [1.82, 2.24) is 0 Å². The molecule has 0 aliphatic carbocycles. The molecule has 0 N–H and O–H groups in total. The maximum atomic E-state index is 6.31. The van der Waals surface area contributed by atoms with Crippen LogP contribution in [0.4, 0.5) is 0 Å². The molecule has 1 aliphatic heterocycles. The monoisotopic (exact) mass is 352 g/mol. The van der Waals surface area contributed by atoms with E-state index in [0.717, 1.165) is 25.7 Å². The predicted octanol–water partition coefficient (Wildman–Crippen LogP) is 4.64. The number of hydrogen-bond donors (Lipinski definition) is 0. The van der Waals surface area contributed by atoms with Gasteiger partial charge in [0.15, 0.2) is 6.29 Å². The van der Waals surface area contributed by atoms with Crippen molar-refractivity contribution in [3.63, 3.8) is 0 Å². The Morgan fingerprint density at radius 2 is 1.54 bits per heavy atom. The van der Waals surface area contributed by atoms with Crippen molar-refractivity contribution in [1.29, 1.82) is 0 Å². The van der Waals surface area contributed by atoms with Crippen LogP contribution in [-0.4, -0.2) is 18.5 Å². The first kappa shape index (κ1) is 22.2. The summed E-state index contributed by atoms with van der Waals surface area (Å²) in [5.41, 5.74) is 0. The summed E-state index contributed by atoms with van der Waals surface area (Å²) in [6.45, 7) is 12.9. The van der Waals surface area contributed by atoms with Gasteiger partial charge in [0.05, 0.1) is 12.2 Å². The zero-order chi connectivity index (χ0) is 19.4. The lowest BCUT2D eigenvalue weighted by Gasteiger charge is -2.44. The maximum Gasteiger partial charge on any atom is 0.161 e. The Hall–Kier alpha value is -1.84. The molecule has 3 unspecified atom stereocenters. The normalized spacial score (nSPS) is 28.0. The third-order valence-electron chi connectivity index (χ3n) is 5.28. The highest BCUT2D eigenvalue weighted by Gasteiger charge is 2.39. The van der Waals surface area contributed by atoms with Crippen molar-refractivity contribution >= 4 is 0 Å². The van der Waals surface area contributed by atoms with E-state index in [-0.39, 0.29) is 18.5 Å². The number of rotatable bonds is 6. The van der Waals surface area contributed by atoms with Crippen LogP contribution < -0.4 is 0 Å². The first-order valence-electron chi connectivity index (χ1n) is 9.75. The molecule has 6 atom stereocenters. The molecule has 0 bridgehead atoms. The smallest absolute Gasteiger partial charge is 0.161 e. The zero-order valence-corrected chi connectivity index (χ0v) is 17.1. The summed E-state index contributed by atoms with van der Waals surface area (Å²) in [7, 11) is 0. The Morgan fingerprint density at radius 3 is 2.15 bits per heavy atom. The quantitative estimate of drug-likeness (QED) is 0.649. The van der Waals surface area contributed by atoms with Crippen LogP contribution in [0.1, 0.15) is 67.2 Å². The van der Waals surface area contributed by atoms with Crippen molar-refractivity contribution < 1.29 is 9.47 Å². The fraction of sp³-hybridized carbons (Fsp3) is 0.667. The molecular weight excluding hydrogens is 320 g/mol. The van der Waals surface area contributed by atoms with Gasteiger partial charge >= 0.3 is 0 Å². The SMILES string of the molecule is CC#CC#CC#CC#CCCC(CC)O[C@@H]1OC(CC)[C@@H](C)[C@H](C)C1C.